The summed E-state index contributed by atoms with van der Waals surface area (Å²) in [5.74, 6) is 0.654. The number of hydrogen-bond donors (Lipinski definition) is 0. The van der Waals surface area contributed by atoms with E-state index in [1.807, 2.05) is 42.5 Å². The molecule has 0 aromatic heterocycles. The van der Waals surface area contributed by atoms with Crippen LogP contribution in [0.2, 0.25) is 0 Å². The number of hydrogen-bond acceptors (Lipinski definition) is 3. The monoisotopic (exact) mass is 349 g/mol. The average molecular weight is 349 g/mol. The molecule has 1 saturated heterocycles. The van der Waals surface area contributed by atoms with Crippen LogP contribution < -0.4 is 0 Å². The van der Waals surface area contributed by atoms with Gasteiger partial charge < -0.3 is 9.64 Å². The molecule has 1 aliphatic heterocycles. The first kappa shape index (κ1) is 17.0. The maximum atomic E-state index is 12.9. The Morgan fingerprint density at radius 1 is 1.04 bits per heavy atom. The van der Waals surface area contributed by atoms with Gasteiger partial charge in [-0.1, -0.05) is 54.6 Å². The van der Waals surface area contributed by atoms with Crippen LogP contribution in [0, 0.1) is 0 Å². The Balaban J connectivity index is 1.46. The fourth-order valence-electron chi connectivity index (χ4n) is 3.66. The zero-order chi connectivity index (χ0) is 17.9. The molecular weight excluding hydrogens is 326 g/mol. The number of carbonyl (C=O) groups is 2. The second-order valence-electron chi connectivity index (χ2n) is 7.20. The van der Waals surface area contributed by atoms with Crippen molar-refractivity contribution < 1.29 is 14.3 Å². The van der Waals surface area contributed by atoms with Gasteiger partial charge in [0.2, 0.25) is 5.91 Å². The Bertz CT molecular complexity index is 768. The third-order valence-electron chi connectivity index (χ3n) is 5.23. The quantitative estimate of drug-likeness (QED) is 0.753. The van der Waals surface area contributed by atoms with Crippen LogP contribution >= 0.6 is 0 Å². The fraction of sp³-hybridized carbons (Fsp3) is 0.364. The fourth-order valence-corrected chi connectivity index (χ4v) is 3.66. The number of benzene rings is 2. The van der Waals surface area contributed by atoms with Crippen LogP contribution in [0.5, 0.6) is 0 Å². The van der Waals surface area contributed by atoms with Gasteiger partial charge in [0.15, 0.2) is 12.5 Å². The number of ether oxygens (including phenoxy) is 1. The highest BCUT2D eigenvalue weighted by atomic mass is 16.5. The summed E-state index contributed by atoms with van der Waals surface area (Å²) in [4.78, 5) is 25.9. The molecule has 2 fully saturated rings. The summed E-state index contributed by atoms with van der Waals surface area (Å²) in [5.41, 5.74) is 3.48. The van der Waals surface area contributed by atoms with Crippen molar-refractivity contribution in [3.8, 4) is 0 Å². The second kappa shape index (κ2) is 7.42. The summed E-state index contributed by atoms with van der Waals surface area (Å²) in [7, 11) is 0. The number of carbonyl (C=O) groups excluding carboxylic acids is 2. The Kier molecular flexibility index (Phi) is 4.85. The lowest BCUT2D eigenvalue weighted by Gasteiger charge is -2.26. The first-order valence-corrected chi connectivity index (χ1v) is 9.25. The second-order valence-corrected chi connectivity index (χ2v) is 7.20. The van der Waals surface area contributed by atoms with Gasteiger partial charge in [0.1, 0.15) is 0 Å². The van der Waals surface area contributed by atoms with Gasteiger partial charge in [-0.15, -0.1) is 0 Å². The first-order chi connectivity index (χ1) is 12.7. The van der Waals surface area contributed by atoms with Crippen LogP contribution in [0.1, 0.15) is 35.4 Å². The van der Waals surface area contributed by atoms with Crippen molar-refractivity contribution in [3.05, 3.63) is 71.3 Å². The van der Waals surface area contributed by atoms with Gasteiger partial charge in [0.25, 0.3) is 0 Å². The largest absolute Gasteiger partial charge is 0.349 e. The average Bonchev–Trinajstić information content (AvgIpc) is 3.44. The number of rotatable bonds is 6. The Hall–Kier alpha value is -2.46. The summed E-state index contributed by atoms with van der Waals surface area (Å²) < 4.78 is 5.55. The third kappa shape index (κ3) is 3.70. The summed E-state index contributed by atoms with van der Waals surface area (Å²) in [6.07, 6.45) is 3.47. The van der Waals surface area contributed by atoms with E-state index >= 15 is 0 Å². The van der Waals surface area contributed by atoms with Crippen molar-refractivity contribution in [1.82, 2.24) is 4.90 Å². The van der Waals surface area contributed by atoms with Gasteiger partial charge in [0.05, 0.1) is 19.1 Å². The van der Waals surface area contributed by atoms with E-state index in [2.05, 4.69) is 12.1 Å². The van der Waals surface area contributed by atoms with Crippen molar-refractivity contribution >= 4 is 12.2 Å². The summed E-state index contributed by atoms with van der Waals surface area (Å²) in [6, 6.07) is 18.2. The summed E-state index contributed by atoms with van der Waals surface area (Å²) >= 11 is 0. The van der Waals surface area contributed by atoms with Crippen LogP contribution in [-0.2, 0) is 27.2 Å². The van der Waals surface area contributed by atoms with Crippen molar-refractivity contribution in [2.45, 2.75) is 43.9 Å². The highest BCUT2D eigenvalue weighted by molar-refractivity contribution is 5.82. The van der Waals surface area contributed by atoms with E-state index in [4.69, 9.17) is 4.74 Å². The molecule has 2 aromatic carbocycles. The minimum absolute atomic E-state index is 0.0558. The van der Waals surface area contributed by atoms with Crippen molar-refractivity contribution in [3.63, 3.8) is 0 Å². The topological polar surface area (TPSA) is 46.6 Å². The first-order valence-electron chi connectivity index (χ1n) is 9.25. The van der Waals surface area contributed by atoms with Gasteiger partial charge in [0, 0.05) is 0 Å². The van der Waals surface area contributed by atoms with Crippen molar-refractivity contribution in [1.29, 1.82) is 0 Å². The predicted octanol–water partition coefficient (Wildman–Crippen LogP) is 3.10. The zero-order valence-corrected chi connectivity index (χ0v) is 14.7. The molecule has 2 aromatic rings. The molecule has 1 unspecified atom stereocenters. The molecule has 2 aliphatic rings. The number of nitrogens with zero attached hydrogens (tertiary/aromatic N) is 1. The number of aldehydes is 1. The standard InChI is InChI=1S/C22H23NO3/c24-14-22-23(20(15-26-22)12-16-4-2-1-3-5-16)21(25)13-17-6-8-18(9-7-17)19-10-11-19/h1-9,14,19-20,22H,10-13,15H2/t20-,22?/m1/s1. The summed E-state index contributed by atoms with van der Waals surface area (Å²) in [6.45, 7) is 0.394. The Morgan fingerprint density at radius 3 is 2.42 bits per heavy atom. The Morgan fingerprint density at radius 2 is 1.77 bits per heavy atom. The lowest BCUT2D eigenvalue weighted by molar-refractivity contribution is -0.141. The molecule has 1 heterocycles. The van der Waals surface area contributed by atoms with Gasteiger partial charge >= 0.3 is 0 Å². The molecule has 0 spiro atoms. The van der Waals surface area contributed by atoms with Gasteiger partial charge in [-0.25, -0.2) is 0 Å². The maximum Gasteiger partial charge on any atom is 0.229 e. The smallest absolute Gasteiger partial charge is 0.229 e. The molecule has 1 aliphatic carbocycles. The van der Waals surface area contributed by atoms with E-state index in [0.29, 0.717) is 25.4 Å². The molecule has 0 bridgehead atoms. The molecular formula is C22H23NO3. The third-order valence-corrected chi connectivity index (χ3v) is 5.23. The van der Waals surface area contributed by atoms with Crippen molar-refractivity contribution in [2.75, 3.05) is 6.61 Å². The minimum Gasteiger partial charge on any atom is -0.349 e. The molecule has 4 nitrogen and oxygen atoms in total. The summed E-state index contributed by atoms with van der Waals surface area (Å²) in [5, 5.41) is 0. The van der Waals surface area contributed by atoms with Gasteiger partial charge in [-0.2, -0.15) is 0 Å². The SMILES string of the molecule is O=CC1OC[C@@H](Cc2ccccc2)N1C(=O)Cc1ccc(C2CC2)cc1. The zero-order valence-electron chi connectivity index (χ0n) is 14.7. The van der Waals surface area contributed by atoms with Crippen molar-refractivity contribution in [2.24, 2.45) is 0 Å². The normalized spacial score (nSPS) is 22.4. The molecule has 26 heavy (non-hydrogen) atoms. The Labute approximate surface area is 153 Å². The lowest BCUT2D eigenvalue weighted by Crippen LogP contribution is -2.44. The van der Waals surface area contributed by atoms with Crippen LogP contribution in [0.3, 0.4) is 0 Å². The molecule has 1 amide bonds. The molecule has 4 heteroatoms. The molecule has 0 radical (unpaired) electrons. The molecule has 134 valence electrons. The molecule has 4 rings (SSSR count). The van der Waals surface area contributed by atoms with Gasteiger partial charge in [-0.05, 0) is 41.9 Å². The van der Waals surface area contributed by atoms with E-state index in [-0.39, 0.29) is 11.9 Å². The molecule has 2 atom stereocenters. The van der Waals surface area contributed by atoms with Crippen LogP contribution in [0.25, 0.3) is 0 Å². The number of amides is 1. The van der Waals surface area contributed by atoms with Crippen LogP contribution in [0.4, 0.5) is 0 Å². The van der Waals surface area contributed by atoms with Crippen LogP contribution in [-0.4, -0.2) is 36.0 Å². The maximum absolute atomic E-state index is 12.9. The van der Waals surface area contributed by atoms with Crippen LogP contribution in [0.15, 0.2) is 54.6 Å². The molecule has 1 saturated carbocycles. The predicted molar refractivity (Wildman–Crippen MR) is 98.7 cm³/mol. The van der Waals surface area contributed by atoms with E-state index in [1.54, 1.807) is 4.90 Å². The highest BCUT2D eigenvalue weighted by Crippen LogP contribution is 2.39. The van der Waals surface area contributed by atoms with E-state index < -0.39 is 6.23 Å². The van der Waals surface area contributed by atoms with Gasteiger partial charge in [-0.3, -0.25) is 9.59 Å². The van der Waals surface area contributed by atoms with E-state index in [9.17, 15) is 9.59 Å². The lowest BCUT2D eigenvalue weighted by atomic mass is 10.0. The van der Waals surface area contributed by atoms with E-state index in [1.165, 1.54) is 18.4 Å². The molecule has 0 N–H and O–H groups in total. The van der Waals surface area contributed by atoms with E-state index in [0.717, 1.165) is 17.4 Å². The minimum atomic E-state index is -0.776. The highest BCUT2D eigenvalue weighted by Gasteiger charge is 2.37.